The van der Waals surface area contributed by atoms with Crippen molar-refractivity contribution in [1.82, 2.24) is 19.9 Å². The van der Waals surface area contributed by atoms with Crippen LogP contribution in [0.2, 0.25) is 0 Å². The Morgan fingerprint density at radius 2 is 2.17 bits per heavy atom. The smallest absolute Gasteiger partial charge is 0.258 e. The van der Waals surface area contributed by atoms with Gasteiger partial charge in [0.2, 0.25) is 0 Å². The van der Waals surface area contributed by atoms with E-state index in [9.17, 15) is 0 Å². The third-order valence-corrected chi connectivity index (χ3v) is 5.87. The maximum Gasteiger partial charge on any atom is 0.258 e. The number of thiophene rings is 1. The lowest BCUT2D eigenvalue weighted by Crippen LogP contribution is -2.47. The predicted octanol–water partition coefficient (Wildman–Crippen LogP) is 2.41. The molecule has 0 aliphatic carbocycles. The zero-order valence-corrected chi connectivity index (χ0v) is 14.6. The molecule has 1 atom stereocenters. The number of rotatable bonds is 3. The molecule has 8 heteroatoms. The van der Waals surface area contributed by atoms with Gasteiger partial charge in [0.15, 0.2) is 11.0 Å². The van der Waals surface area contributed by atoms with Gasteiger partial charge in [0.25, 0.3) is 5.89 Å². The van der Waals surface area contributed by atoms with Crippen molar-refractivity contribution < 1.29 is 4.52 Å². The fourth-order valence-electron chi connectivity index (χ4n) is 2.75. The average molecular weight is 349 g/mol. The molecule has 4 rings (SSSR count). The molecule has 0 aromatic carbocycles. The van der Waals surface area contributed by atoms with Crippen LogP contribution in [0.1, 0.15) is 12.7 Å². The van der Waals surface area contributed by atoms with E-state index >= 15 is 0 Å². The molecule has 0 unspecified atom stereocenters. The van der Waals surface area contributed by atoms with Crippen molar-refractivity contribution in [2.24, 2.45) is 4.99 Å². The first-order valence-corrected chi connectivity index (χ1v) is 9.64. The van der Waals surface area contributed by atoms with E-state index in [1.807, 2.05) is 28.6 Å². The largest absolute Gasteiger partial charge is 0.349 e. The summed E-state index contributed by atoms with van der Waals surface area (Å²) in [6.45, 7) is 8.00. The van der Waals surface area contributed by atoms with Crippen molar-refractivity contribution in [1.29, 1.82) is 0 Å². The Hall–Kier alpha value is -1.38. The van der Waals surface area contributed by atoms with Crippen LogP contribution in [0.25, 0.3) is 11.5 Å². The number of hydrogen-bond donors (Lipinski definition) is 0. The Kier molecular flexibility index (Phi) is 4.37. The number of amidine groups is 1. The Bertz CT molecular complexity index is 676. The fraction of sp³-hybridized carbons (Fsp3) is 0.533. The Morgan fingerprint density at radius 3 is 2.87 bits per heavy atom. The van der Waals surface area contributed by atoms with Crippen molar-refractivity contribution in [3.05, 3.63) is 22.7 Å². The monoisotopic (exact) mass is 349 g/mol. The van der Waals surface area contributed by atoms with Crippen LogP contribution in [-0.2, 0) is 6.54 Å². The van der Waals surface area contributed by atoms with Gasteiger partial charge in [-0.05, 0) is 11.4 Å². The summed E-state index contributed by atoms with van der Waals surface area (Å²) in [4.78, 5) is 13.9. The molecule has 2 aromatic rings. The molecule has 0 radical (unpaired) electrons. The van der Waals surface area contributed by atoms with Gasteiger partial charge in [-0.2, -0.15) is 16.3 Å². The summed E-state index contributed by atoms with van der Waals surface area (Å²) < 4.78 is 5.35. The van der Waals surface area contributed by atoms with Gasteiger partial charge in [-0.3, -0.25) is 9.89 Å². The molecule has 0 amide bonds. The Balaban J connectivity index is 1.31. The maximum absolute atomic E-state index is 5.35. The van der Waals surface area contributed by atoms with Gasteiger partial charge in [0.05, 0.1) is 18.7 Å². The van der Waals surface area contributed by atoms with E-state index in [0.29, 0.717) is 11.1 Å². The summed E-state index contributed by atoms with van der Waals surface area (Å²) in [6, 6.07) is 2.00. The number of nitrogens with zero attached hydrogens (tertiary/aromatic N) is 5. The highest BCUT2D eigenvalue weighted by Gasteiger charge is 2.25. The molecule has 23 heavy (non-hydrogen) atoms. The molecule has 0 saturated carbocycles. The number of thioether (sulfide) groups is 1. The predicted molar refractivity (Wildman–Crippen MR) is 93.8 cm³/mol. The molecule has 2 aliphatic heterocycles. The van der Waals surface area contributed by atoms with Crippen LogP contribution in [0.3, 0.4) is 0 Å². The Labute approximate surface area is 143 Å². The molecular formula is C15H19N5OS2. The second-order valence-corrected chi connectivity index (χ2v) is 8.03. The summed E-state index contributed by atoms with van der Waals surface area (Å²) in [5.74, 6) is 1.38. The summed E-state index contributed by atoms with van der Waals surface area (Å²) in [6.07, 6.45) is 0. The first-order chi connectivity index (χ1) is 11.3. The summed E-state index contributed by atoms with van der Waals surface area (Å²) in [5, 5.41) is 9.99. The molecule has 1 saturated heterocycles. The lowest BCUT2D eigenvalue weighted by atomic mass is 10.3. The normalized spacial score (nSPS) is 22.6. The van der Waals surface area contributed by atoms with Crippen molar-refractivity contribution in [3.63, 3.8) is 0 Å². The fourth-order valence-corrected chi connectivity index (χ4v) is 4.37. The minimum Gasteiger partial charge on any atom is -0.349 e. The second kappa shape index (κ2) is 6.62. The maximum atomic E-state index is 5.35. The summed E-state index contributed by atoms with van der Waals surface area (Å²) in [7, 11) is 0. The van der Waals surface area contributed by atoms with E-state index in [4.69, 9.17) is 4.52 Å². The number of aliphatic imine (C=N–C) groups is 1. The van der Waals surface area contributed by atoms with Gasteiger partial charge in [-0.25, -0.2) is 0 Å². The van der Waals surface area contributed by atoms with E-state index in [0.717, 1.165) is 50.7 Å². The van der Waals surface area contributed by atoms with Gasteiger partial charge < -0.3 is 9.42 Å². The molecule has 2 aliphatic rings. The van der Waals surface area contributed by atoms with Gasteiger partial charge in [0.1, 0.15) is 0 Å². The highest BCUT2D eigenvalue weighted by Crippen LogP contribution is 2.24. The second-order valence-electron chi connectivity index (χ2n) is 5.84. The van der Waals surface area contributed by atoms with Crippen LogP contribution in [-0.4, -0.2) is 63.1 Å². The molecular weight excluding hydrogens is 330 g/mol. The third kappa shape index (κ3) is 3.44. The topological polar surface area (TPSA) is 57.8 Å². The molecule has 122 valence electrons. The molecule has 0 bridgehead atoms. The van der Waals surface area contributed by atoms with Crippen molar-refractivity contribution in [2.75, 3.05) is 32.7 Å². The molecule has 0 N–H and O–H groups in total. The van der Waals surface area contributed by atoms with Crippen LogP contribution in [0, 0.1) is 0 Å². The van der Waals surface area contributed by atoms with Crippen molar-refractivity contribution in [3.8, 4) is 11.5 Å². The molecule has 1 fully saturated rings. The standard InChI is InChI=1S/C15H19N5OS2/c1-11-8-16-15(23-11)20-5-3-19(4-6-20)9-13-17-14(21-18-13)12-2-7-22-10-12/h2,7,10-11H,3-6,8-9H2,1H3/t11-/m0/s1. The first kappa shape index (κ1) is 15.2. The number of piperazine rings is 1. The third-order valence-electron chi connectivity index (χ3n) is 4.03. The molecule has 6 nitrogen and oxygen atoms in total. The Morgan fingerprint density at radius 1 is 1.30 bits per heavy atom. The lowest BCUT2D eigenvalue weighted by Gasteiger charge is -2.34. The van der Waals surface area contributed by atoms with Gasteiger partial charge in [-0.15, -0.1) is 0 Å². The van der Waals surface area contributed by atoms with E-state index in [1.54, 1.807) is 11.3 Å². The van der Waals surface area contributed by atoms with Crippen LogP contribution in [0.5, 0.6) is 0 Å². The molecule has 0 spiro atoms. The van der Waals surface area contributed by atoms with E-state index in [2.05, 4.69) is 31.9 Å². The lowest BCUT2D eigenvalue weighted by molar-refractivity contribution is 0.172. The zero-order valence-electron chi connectivity index (χ0n) is 13.0. The highest BCUT2D eigenvalue weighted by atomic mass is 32.2. The first-order valence-electron chi connectivity index (χ1n) is 7.81. The minimum atomic E-state index is 0.616. The van der Waals surface area contributed by atoms with Crippen LogP contribution < -0.4 is 0 Å². The number of aromatic nitrogens is 2. The van der Waals surface area contributed by atoms with E-state index < -0.39 is 0 Å². The van der Waals surface area contributed by atoms with Crippen LogP contribution in [0.15, 0.2) is 26.3 Å². The van der Waals surface area contributed by atoms with E-state index in [1.165, 1.54) is 5.17 Å². The number of hydrogen-bond acceptors (Lipinski definition) is 8. The zero-order chi connectivity index (χ0) is 15.6. The molecule has 4 heterocycles. The summed E-state index contributed by atoms with van der Waals surface area (Å²) >= 11 is 3.53. The van der Waals surface area contributed by atoms with Crippen molar-refractivity contribution in [2.45, 2.75) is 18.7 Å². The minimum absolute atomic E-state index is 0.616. The van der Waals surface area contributed by atoms with Gasteiger partial charge >= 0.3 is 0 Å². The van der Waals surface area contributed by atoms with Crippen molar-refractivity contribution >= 4 is 28.3 Å². The SMILES string of the molecule is C[C@H]1CN=C(N2CCN(Cc3noc(-c4ccsc4)n3)CC2)S1. The van der Waals surface area contributed by atoms with E-state index in [-0.39, 0.29) is 0 Å². The van der Waals surface area contributed by atoms with Gasteiger partial charge in [-0.1, -0.05) is 23.8 Å². The van der Waals surface area contributed by atoms with Crippen LogP contribution >= 0.6 is 23.1 Å². The highest BCUT2D eigenvalue weighted by molar-refractivity contribution is 8.14. The van der Waals surface area contributed by atoms with Crippen LogP contribution in [0.4, 0.5) is 0 Å². The summed E-state index contributed by atoms with van der Waals surface area (Å²) in [5.41, 5.74) is 1.00. The molecule has 2 aromatic heterocycles. The quantitative estimate of drug-likeness (QED) is 0.848. The average Bonchev–Trinajstić information content (AvgIpc) is 3.28. The van der Waals surface area contributed by atoms with Gasteiger partial charge in [0, 0.05) is 36.8 Å².